The summed E-state index contributed by atoms with van der Waals surface area (Å²) in [4.78, 5) is 16.2. The van der Waals surface area contributed by atoms with Gasteiger partial charge in [0, 0.05) is 23.4 Å². The second kappa shape index (κ2) is 5.17. The van der Waals surface area contributed by atoms with Crippen LogP contribution in [0, 0.1) is 6.92 Å². The van der Waals surface area contributed by atoms with Crippen LogP contribution in [0.5, 0.6) is 0 Å². The van der Waals surface area contributed by atoms with Crippen molar-refractivity contribution in [3.63, 3.8) is 0 Å². The van der Waals surface area contributed by atoms with Crippen LogP contribution in [0.15, 0.2) is 18.5 Å². The molecule has 7 nitrogen and oxygen atoms in total. The Kier molecular flexibility index (Phi) is 3.34. The quantitative estimate of drug-likeness (QED) is 0.592. The van der Waals surface area contributed by atoms with Crippen molar-refractivity contribution < 1.29 is 9.53 Å². The van der Waals surface area contributed by atoms with Crippen LogP contribution in [0.25, 0.3) is 16.9 Å². The van der Waals surface area contributed by atoms with Crippen molar-refractivity contribution in [2.75, 3.05) is 6.61 Å². The zero-order chi connectivity index (χ0) is 15.0. The predicted molar refractivity (Wildman–Crippen MR) is 76.3 cm³/mol. The minimum absolute atomic E-state index is 0.233. The number of hydrogen-bond donors (Lipinski definition) is 1. The molecule has 0 radical (unpaired) electrons. The van der Waals surface area contributed by atoms with Gasteiger partial charge in [0.15, 0.2) is 11.3 Å². The van der Waals surface area contributed by atoms with Crippen molar-refractivity contribution >= 4 is 23.2 Å². The van der Waals surface area contributed by atoms with Crippen molar-refractivity contribution in [2.24, 2.45) is 0 Å². The molecule has 108 valence electrons. The van der Waals surface area contributed by atoms with Crippen molar-refractivity contribution in [1.82, 2.24) is 24.8 Å². The zero-order valence-electron chi connectivity index (χ0n) is 11.4. The highest BCUT2D eigenvalue weighted by Crippen LogP contribution is 2.25. The molecule has 0 bridgehead atoms. The van der Waals surface area contributed by atoms with Crippen LogP contribution >= 0.6 is 11.6 Å². The van der Waals surface area contributed by atoms with Crippen LogP contribution in [0.4, 0.5) is 0 Å². The summed E-state index contributed by atoms with van der Waals surface area (Å²) in [6.07, 6.45) is 3.36. The first-order chi connectivity index (χ1) is 10.1. The molecule has 0 amide bonds. The molecule has 0 saturated carbocycles. The third-order valence-electron chi connectivity index (χ3n) is 3.05. The van der Waals surface area contributed by atoms with E-state index in [0.29, 0.717) is 22.1 Å². The summed E-state index contributed by atoms with van der Waals surface area (Å²) in [5, 5.41) is 11.3. The molecule has 3 aromatic rings. The van der Waals surface area contributed by atoms with E-state index in [1.165, 1.54) is 0 Å². The van der Waals surface area contributed by atoms with Crippen molar-refractivity contribution in [2.45, 2.75) is 13.8 Å². The summed E-state index contributed by atoms with van der Waals surface area (Å²) >= 11 is 6.06. The fourth-order valence-corrected chi connectivity index (χ4v) is 2.27. The molecule has 0 saturated heterocycles. The van der Waals surface area contributed by atoms with Crippen LogP contribution in [-0.2, 0) is 4.74 Å². The van der Waals surface area contributed by atoms with Crippen LogP contribution < -0.4 is 0 Å². The predicted octanol–water partition coefficient (Wildman–Crippen LogP) is 2.26. The maximum absolute atomic E-state index is 11.9. The molecule has 0 aromatic carbocycles. The molecule has 3 rings (SSSR count). The summed E-state index contributed by atoms with van der Waals surface area (Å²) in [6.45, 7) is 3.79. The Morgan fingerprint density at radius 1 is 1.52 bits per heavy atom. The minimum atomic E-state index is -0.477. The Morgan fingerprint density at radius 3 is 3.00 bits per heavy atom. The van der Waals surface area contributed by atoms with Crippen molar-refractivity contribution in [1.29, 1.82) is 0 Å². The van der Waals surface area contributed by atoms with Crippen LogP contribution in [0.3, 0.4) is 0 Å². The molecule has 1 N–H and O–H groups in total. The van der Waals surface area contributed by atoms with E-state index in [4.69, 9.17) is 16.3 Å². The van der Waals surface area contributed by atoms with E-state index in [0.717, 1.165) is 5.56 Å². The topological polar surface area (TPSA) is 85.2 Å². The maximum Gasteiger partial charge on any atom is 0.359 e. The first-order valence-corrected chi connectivity index (χ1v) is 6.71. The van der Waals surface area contributed by atoms with E-state index in [2.05, 4.69) is 20.3 Å². The molecule has 3 aromatic heterocycles. The number of esters is 1. The number of nitrogens with zero attached hydrogens (tertiary/aromatic N) is 4. The van der Waals surface area contributed by atoms with Gasteiger partial charge in [-0.3, -0.25) is 5.10 Å². The standard InChI is InChI=1S/C13H12ClN5O2/c1-3-21-13(20)11-7(2)12-17-10(14)4-9(19(12)18-11)8-5-15-16-6-8/h4-6H,3H2,1-2H3,(H,15,16). The molecule has 8 heteroatoms. The van der Waals surface area contributed by atoms with Gasteiger partial charge in [-0.1, -0.05) is 11.6 Å². The van der Waals surface area contributed by atoms with E-state index in [1.54, 1.807) is 36.8 Å². The fourth-order valence-electron chi connectivity index (χ4n) is 2.08. The summed E-state index contributed by atoms with van der Waals surface area (Å²) in [5.41, 5.74) is 2.86. The first-order valence-electron chi connectivity index (χ1n) is 6.34. The van der Waals surface area contributed by atoms with Gasteiger partial charge in [0.05, 0.1) is 18.5 Å². The first kappa shape index (κ1) is 13.6. The average Bonchev–Trinajstić information content (AvgIpc) is 3.07. The number of ether oxygens (including phenoxy) is 1. The minimum Gasteiger partial charge on any atom is -0.461 e. The molecule has 0 unspecified atom stereocenters. The lowest BCUT2D eigenvalue weighted by Crippen LogP contribution is -2.07. The number of aromatic nitrogens is 5. The summed E-state index contributed by atoms with van der Waals surface area (Å²) in [7, 11) is 0. The summed E-state index contributed by atoms with van der Waals surface area (Å²) in [5.74, 6) is -0.477. The molecule has 0 spiro atoms. The van der Waals surface area contributed by atoms with Crippen LogP contribution in [0.2, 0.25) is 5.15 Å². The third-order valence-corrected chi connectivity index (χ3v) is 3.24. The van der Waals surface area contributed by atoms with Gasteiger partial charge in [-0.15, -0.1) is 0 Å². The highest BCUT2D eigenvalue weighted by molar-refractivity contribution is 6.29. The smallest absolute Gasteiger partial charge is 0.359 e. The molecular weight excluding hydrogens is 294 g/mol. The van der Waals surface area contributed by atoms with Gasteiger partial charge in [0.2, 0.25) is 0 Å². The molecule has 0 aliphatic heterocycles. The van der Waals surface area contributed by atoms with E-state index in [9.17, 15) is 4.79 Å². The average molecular weight is 306 g/mol. The normalized spacial score (nSPS) is 11.0. The van der Waals surface area contributed by atoms with Crippen molar-refractivity contribution in [3.8, 4) is 11.3 Å². The SMILES string of the molecule is CCOC(=O)c1nn2c(-c3cn[nH]c3)cc(Cl)nc2c1C. The highest BCUT2D eigenvalue weighted by Gasteiger charge is 2.21. The Bertz CT molecular complexity index is 810. The molecule has 0 aliphatic carbocycles. The number of carbonyl (C=O) groups excluding carboxylic acids is 1. The van der Waals surface area contributed by atoms with Gasteiger partial charge in [-0.2, -0.15) is 10.2 Å². The number of hydrogen-bond acceptors (Lipinski definition) is 5. The molecule has 0 atom stereocenters. The number of carbonyl (C=O) groups is 1. The second-order valence-electron chi connectivity index (χ2n) is 4.38. The number of rotatable bonds is 3. The summed E-state index contributed by atoms with van der Waals surface area (Å²) < 4.78 is 6.57. The third kappa shape index (κ3) is 2.25. The van der Waals surface area contributed by atoms with Gasteiger partial charge < -0.3 is 4.74 Å². The lowest BCUT2D eigenvalue weighted by atomic mass is 10.2. The summed E-state index contributed by atoms with van der Waals surface area (Å²) in [6, 6.07) is 1.67. The monoisotopic (exact) mass is 305 g/mol. The molecule has 0 aliphatic rings. The largest absolute Gasteiger partial charge is 0.461 e. The number of H-pyrrole nitrogens is 1. The number of aromatic amines is 1. The van der Waals surface area contributed by atoms with Crippen LogP contribution in [0.1, 0.15) is 23.0 Å². The second-order valence-corrected chi connectivity index (χ2v) is 4.77. The maximum atomic E-state index is 11.9. The van der Waals surface area contributed by atoms with Crippen molar-refractivity contribution in [3.05, 3.63) is 34.9 Å². The number of aryl methyl sites for hydroxylation is 1. The van der Waals surface area contributed by atoms with Gasteiger partial charge in [-0.25, -0.2) is 14.3 Å². The van der Waals surface area contributed by atoms with Gasteiger partial charge in [0.1, 0.15) is 5.15 Å². The number of nitrogens with one attached hydrogen (secondary N) is 1. The van der Waals surface area contributed by atoms with E-state index >= 15 is 0 Å². The van der Waals surface area contributed by atoms with Gasteiger partial charge in [-0.05, 0) is 13.8 Å². The molecule has 0 fully saturated rings. The number of fused-ring (bicyclic) bond motifs is 1. The lowest BCUT2D eigenvalue weighted by Gasteiger charge is -2.02. The zero-order valence-corrected chi connectivity index (χ0v) is 12.2. The Balaban J connectivity index is 2.26. The molecule has 3 heterocycles. The van der Waals surface area contributed by atoms with E-state index < -0.39 is 5.97 Å². The highest BCUT2D eigenvalue weighted by atomic mass is 35.5. The lowest BCUT2D eigenvalue weighted by molar-refractivity contribution is 0.0518. The number of halogens is 1. The molecular formula is C13H12ClN5O2. The Labute approximate surface area is 124 Å². The Hall–Kier alpha value is -2.41. The Morgan fingerprint density at radius 2 is 2.33 bits per heavy atom. The van der Waals surface area contributed by atoms with E-state index in [1.807, 2.05) is 0 Å². The fraction of sp³-hybridized carbons (Fsp3) is 0.231. The molecule has 21 heavy (non-hydrogen) atoms. The van der Waals surface area contributed by atoms with E-state index in [-0.39, 0.29) is 12.3 Å². The van der Waals surface area contributed by atoms with Crippen LogP contribution in [-0.4, -0.2) is 37.4 Å². The van der Waals surface area contributed by atoms with Gasteiger partial charge >= 0.3 is 5.97 Å². The van der Waals surface area contributed by atoms with Gasteiger partial charge in [0.25, 0.3) is 0 Å².